The molecule has 0 saturated heterocycles. The Balaban J connectivity index is 1.91. The van der Waals surface area contributed by atoms with Crippen molar-refractivity contribution in [3.8, 4) is 34.0 Å². The predicted molar refractivity (Wildman–Crippen MR) is 99.4 cm³/mol. The second kappa shape index (κ2) is 6.46. The minimum absolute atomic E-state index is 0.680. The summed E-state index contributed by atoms with van der Waals surface area (Å²) in [6.45, 7) is 0. The van der Waals surface area contributed by atoms with Crippen LogP contribution in [0.5, 0.6) is 0 Å². The molecule has 0 aliphatic carbocycles. The number of furan rings is 1. The molecule has 3 heteroatoms. The molecule has 24 heavy (non-hydrogen) atoms. The first-order valence-corrected chi connectivity index (χ1v) is 8.44. The van der Waals surface area contributed by atoms with Crippen LogP contribution in [0.25, 0.3) is 34.0 Å². The number of halogens is 1. The first-order valence-electron chi connectivity index (χ1n) is 7.64. The quantitative estimate of drug-likeness (QED) is 0.362. The Morgan fingerprint density at radius 1 is 0.625 bits per heavy atom. The van der Waals surface area contributed by atoms with E-state index < -0.39 is 0 Å². The van der Waals surface area contributed by atoms with Crippen LogP contribution >= 0.6 is 15.9 Å². The Kier molecular flexibility index (Phi) is 4.01. The highest BCUT2D eigenvalue weighted by atomic mass is 79.9. The molecule has 0 unspecified atom stereocenters. The van der Waals surface area contributed by atoms with Crippen LogP contribution in [0.15, 0.2) is 98.4 Å². The number of hydrogen-bond donors (Lipinski definition) is 0. The summed E-state index contributed by atoms with van der Waals surface area (Å²) in [5.41, 5.74) is 3.25. The zero-order valence-electron chi connectivity index (χ0n) is 12.8. The lowest BCUT2D eigenvalue weighted by molar-refractivity contribution is 0.510. The van der Waals surface area contributed by atoms with Gasteiger partial charge in [-0.1, -0.05) is 48.5 Å². The minimum Gasteiger partial charge on any atom is -0.440 e. The van der Waals surface area contributed by atoms with Crippen molar-refractivity contribution in [1.29, 1.82) is 0 Å². The summed E-state index contributed by atoms with van der Waals surface area (Å²) in [6, 6.07) is 28.2. The van der Waals surface area contributed by atoms with Gasteiger partial charge in [0.2, 0.25) is 5.76 Å². The fourth-order valence-corrected chi connectivity index (χ4v) is 2.92. The van der Waals surface area contributed by atoms with E-state index >= 15 is 0 Å². The molecule has 0 saturated carbocycles. The van der Waals surface area contributed by atoms with E-state index in [1.165, 1.54) is 0 Å². The summed E-state index contributed by atoms with van der Waals surface area (Å²) in [6.07, 6.45) is 0. The average molecular weight is 378 g/mol. The molecule has 0 N–H and O–H groups in total. The molecule has 0 radical (unpaired) electrons. The van der Waals surface area contributed by atoms with Gasteiger partial charge < -0.3 is 4.42 Å². The van der Waals surface area contributed by atoms with Crippen LogP contribution in [0.3, 0.4) is 0 Å². The first-order chi connectivity index (χ1) is 11.8. The molecule has 0 amide bonds. The highest BCUT2D eigenvalue weighted by molar-refractivity contribution is 9.10. The van der Waals surface area contributed by atoms with Crippen molar-refractivity contribution in [2.24, 2.45) is 0 Å². The molecule has 4 rings (SSSR count). The van der Waals surface area contributed by atoms with Crippen LogP contribution in [0.1, 0.15) is 0 Å². The topological polar surface area (TPSA) is 24.4 Å². The molecule has 0 fully saturated rings. The van der Waals surface area contributed by atoms with Gasteiger partial charge in [-0.15, -0.1) is 0 Å². The summed E-state index contributed by atoms with van der Waals surface area (Å²) >= 11 is 3.35. The molecule has 116 valence electrons. The summed E-state index contributed by atoms with van der Waals surface area (Å²) in [7, 11) is 0. The maximum Gasteiger partial charge on any atom is 0.396 e. The van der Waals surface area contributed by atoms with E-state index in [-0.39, 0.29) is 0 Å². The van der Waals surface area contributed by atoms with Gasteiger partial charge in [-0.25, -0.2) is 4.42 Å². The minimum atomic E-state index is 0.680. The summed E-state index contributed by atoms with van der Waals surface area (Å²) < 4.78 is 12.5. The van der Waals surface area contributed by atoms with Gasteiger partial charge in [0.25, 0.3) is 0 Å². The van der Waals surface area contributed by atoms with Gasteiger partial charge in [-0.3, -0.25) is 0 Å². The van der Waals surface area contributed by atoms with Gasteiger partial charge in [0.05, 0.1) is 17.7 Å². The maximum absolute atomic E-state index is 6.11. The largest absolute Gasteiger partial charge is 0.440 e. The molecule has 2 heterocycles. The third-order valence-electron chi connectivity index (χ3n) is 3.77. The molecule has 0 atom stereocenters. The molecule has 0 aliphatic heterocycles. The summed E-state index contributed by atoms with van der Waals surface area (Å²) in [5, 5.41) is 0. The van der Waals surface area contributed by atoms with Gasteiger partial charge >= 0.3 is 11.5 Å². The molecule has 0 aliphatic rings. The van der Waals surface area contributed by atoms with Crippen LogP contribution in [-0.4, -0.2) is 0 Å². The molecule has 2 aromatic carbocycles. The predicted octanol–water partition coefficient (Wildman–Crippen LogP) is 6.92. The van der Waals surface area contributed by atoms with E-state index in [9.17, 15) is 0 Å². The summed E-state index contributed by atoms with van der Waals surface area (Å²) in [5.74, 6) is 2.19. The monoisotopic (exact) mass is 377 g/mol. The van der Waals surface area contributed by atoms with Crippen LogP contribution in [0.2, 0.25) is 0 Å². The lowest BCUT2D eigenvalue weighted by Crippen LogP contribution is -1.85. The molecule has 2 nitrogen and oxygen atoms in total. The lowest BCUT2D eigenvalue weighted by Gasteiger charge is -2.01. The Morgan fingerprint density at radius 2 is 1.25 bits per heavy atom. The Morgan fingerprint density at radius 3 is 1.88 bits per heavy atom. The normalized spacial score (nSPS) is 10.7. The zero-order valence-corrected chi connectivity index (χ0v) is 14.4. The molecular formula is C21H14BrO2+. The zero-order chi connectivity index (χ0) is 16.4. The van der Waals surface area contributed by atoms with Gasteiger partial charge in [0.1, 0.15) is 0 Å². The molecule has 0 bridgehead atoms. The van der Waals surface area contributed by atoms with E-state index in [2.05, 4.69) is 34.1 Å². The van der Waals surface area contributed by atoms with E-state index in [0.717, 1.165) is 22.5 Å². The van der Waals surface area contributed by atoms with Crippen LogP contribution in [-0.2, 0) is 0 Å². The Labute approximate surface area is 148 Å². The molecular weight excluding hydrogens is 364 g/mol. The van der Waals surface area contributed by atoms with Crippen molar-refractivity contribution in [3.05, 3.63) is 89.6 Å². The van der Waals surface area contributed by atoms with E-state index in [1.807, 2.05) is 66.7 Å². The number of hydrogen-bond acceptors (Lipinski definition) is 1. The standard InChI is InChI=1S/C21H14BrO2/c22-21-12-11-18(24-21)20-14-17(15-7-3-1-4-8-15)13-19(23-20)16-9-5-2-6-10-16/h1-14H/q+1. The molecule has 4 aromatic rings. The SMILES string of the molecule is Brc1ccc(-c2cc(-c3ccccc3)cc(-c3ccccc3)[o+]2)o1. The van der Waals surface area contributed by atoms with Gasteiger partial charge in [0.15, 0.2) is 4.67 Å². The highest BCUT2D eigenvalue weighted by Crippen LogP contribution is 2.34. The number of rotatable bonds is 3. The first kappa shape index (κ1) is 14.9. The fraction of sp³-hybridized carbons (Fsp3) is 0. The third kappa shape index (κ3) is 3.03. The third-order valence-corrected chi connectivity index (χ3v) is 4.20. The second-order valence-corrected chi connectivity index (χ2v) is 6.19. The highest BCUT2D eigenvalue weighted by Gasteiger charge is 2.22. The van der Waals surface area contributed by atoms with Crippen molar-refractivity contribution in [2.45, 2.75) is 0 Å². The van der Waals surface area contributed by atoms with Crippen LogP contribution in [0, 0.1) is 0 Å². The average Bonchev–Trinajstić information content (AvgIpc) is 3.09. The van der Waals surface area contributed by atoms with Gasteiger partial charge in [0, 0.05) is 5.56 Å². The maximum atomic E-state index is 6.11. The van der Waals surface area contributed by atoms with Crippen molar-refractivity contribution in [2.75, 3.05) is 0 Å². The van der Waals surface area contributed by atoms with Crippen molar-refractivity contribution in [3.63, 3.8) is 0 Å². The summed E-state index contributed by atoms with van der Waals surface area (Å²) in [4.78, 5) is 0. The molecule has 0 spiro atoms. The second-order valence-electron chi connectivity index (χ2n) is 5.41. The van der Waals surface area contributed by atoms with E-state index in [4.69, 9.17) is 8.83 Å². The van der Waals surface area contributed by atoms with Gasteiger partial charge in [-0.05, 0) is 45.8 Å². The van der Waals surface area contributed by atoms with Crippen molar-refractivity contribution >= 4 is 15.9 Å². The van der Waals surface area contributed by atoms with Crippen molar-refractivity contribution in [1.82, 2.24) is 0 Å². The van der Waals surface area contributed by atoms with E-state index in [1.54, 1.807) is 0 Å². The Bertz CT molecular complexity index is 902. The van der Waals surface area contributed by atoms with E-state index in [0.29, 0.717) is 16.2 Å². The van der Waals surface area contributed by atoms with Crippen LogP contribution in [0.4, 0.5) is 0 Å². The van der Waals surface area contributed by atoms with Crippen molar-refractivity contribution < 1.29 is 8.83 Å². The molecule has 2 aromatic heterocycles. The van der Waals surface area contributed by atoms with Gasteiger partial charge in [-0.2, -0.15) is 0 Å². The Hall–Kier alpha value is -2.65. The number of benzene rings is 2. The van der Waals surface area contributed by atoms with Crippen LogP contribution < -0.4 is 0 Å². The lowest BCUT2D eigenvalue weighted by atomic mass is 10.0. The fourth-order valence-electron chi connectivity index (χ4n) is 2.61. The smallest absolute Gasteiger partial charge is 0.396 e.